The molecule has 0 heterocycles. The van der Waals surface area contributed by atoms with E-state index >= 15 is 0 Å². The van der Waals surface area contributed by atoms with Crippen LogP contribution < -0.4 is 0 Å². The lowest BCUT2D eigenvalue weighted by molar-refractivity contribution is -0.108. The topological polar surface area (TPSA) is 34.1 Å². The van der Waals surface area contributed by atoms with Gasteiger partial charge in [0, 0.05) is 5.56 Å². The van der Waals surface area contributed by atoms with E-state index in [9.17, 15) is 9.59 Å². The van der Waals surface area contributed by atoms with Crippen molar-refractivity contribution in [1.29, 1.82) is 0 Å². The minimum Gasteiger partial charge on any atom is -0.302 e. The van der Waals surface area contributed by atoms with Crippen molar-refractivity contribution >= 4 is 12.1 Å². The fraction of sp³-hybridized carbons (Fsp3) is 0.176. The number of benzene rings is 2. The largest absolute Gasteiger partial charge is 0.302 e. The summed E-state index contributed by atoms with van der Waals surface area (Å²) in [5.41, 5.74) is 3.71. The number of rotatable bonds is 4. The molecule has 19 heavy (non-hydrogen) atoms. The highest BCUT2D eigenvalue weighted by Crippen LogP contribution is 2.23. The van der Waals surface area contributed by atoms with Crippen molar-refractivity contribution in [3.63, 3.8) is 0 Å². The van der Waals surface area contributed by atoms with E-state index in [4.69, 9.17) is 0 Å². The second kappa shape index (κ2) is 5.61. The Morgan fingerprint density at radius 1 is 0.947 bits per heavy atom. The van der Waals surface area contributed by atoms with Gasteiger partial charge in [-0.15, -0.1) is 0 Å². The molecule has 0 bridgehead atoms. The van der Waals surface area contributed by atoms with Crippen molar-refractivity contribution in [3.8, 4) is 0 Å². The molecule has 2 nitrogen and oxygen atoms in total. The fourth-order valence-corrected chi connectivity index (χ4v) is 2.05. The second-order valence-electron chi connectivity index (χ2n) is 4.70. The first-order chi connectivity index (χ1) is 9.11. The summed E-state index contributed by atoms with van der Waals surface area (Å²) < 4.78 is 0. The molecule has 0 aliphatic rings. The maximum atomic E-state index is 11.3. The van der Waals surface area contributed by atoms with Crippen LogP contribution in [0.3, 0.4) is 0 Å². The molecule has 96 valence electrons. The molecule has 0 aromatic heterocycles. The summed E-state index contributed by atoms with van der Waals surface area (Å²) in [6.07, 6.45) is 0.938. The number of ketones is 1. The summed E-state index contributed by atoms with van der Waals surface area (Å²) in [6, 6.07) is 15.1. The lowest BCUT2D eigenvalue weighted by Crippen LogP contribution is -2.03. The molecule has 2 rings (SSSR count). The van der Waals surface area contributed by atoms with E-state index in [1.54, 1.807) is 12.1 Å². The monoisotopic (exact) mass is 252 g/mol. The van der Waals surface area contributed by atoms with Gasteiger partial charge >= 0.3 is 0 Å². The van der Waals surface area contributed by atoms with Crippen molar-refractivity contribution in [3.05, 3.63) is 70.8 Å². The Bertz CT molecular complexity index is 580. The van der Waals surface area contributed by atoms with Gasteiger partial charge in [0.2, 0.25) is 0 Å². The van der Waals surface area contributed by atoms with Crippen LogP contribution in [0.5, 0.6) is 0 Å². The van der Waals surface area contributed by atoms with Gasteiger partial charge in [0.25, 0.3) is 0 Å². The van der Waals surface area contributed by atoms with E-state index < -0.39 is 0 Å². The SMILES string of the molecule is CC(=O)c1ccc(C(C=O)c2ccc(C)cc2)cc1. The van der Waals surface area contributed by atoms with E-state index in [0.717, 1.165) is 17.4 Å². The van der Waals surface area contributed by atoms with Gasteiger partial charge in [0.05, 0.1) is 5.92 Å². The van der Waals surface area contributed by atoms with Crippen molar-refractivity contribution in [2.24, 2.45) is 0 Å². The molecule has 2 heteroatoms. The number of Topliss-reactive ketones (excluding diaryl/α,β-unsaturated/α-hetero) is 1. The zero-order valence-corrected chi connectivity index (χ0v) is 11.1. The standard InChI is InChI=1S/C17H16O2/c1-12-3-5-15(6-4-12)17(11-18)16-9-7-14(8-10-16)13(2)19/h3-11,17H,1-2H3. The molecule has 1 atom stereocenters. The summed E-state index contributed by atoms with van der Waals surface area (Å²) in [6.45, 7) is 3.55. The number of hydrogen-bond acceptors (Lipinski definition) is 2. The quantitative estimate of drug-likeness (QED) is 0.616. The molecular weight excluding hydrogens is 236 g/mol. The van der Waals surface area contributed by atoms with Crippen LogP contribution in [0.1, 0.15) is 39.9 Å². The normalized spacial score (nSPS) is 11.9. The number of carbonyl (C=O) groups is 2. The average Bonchev–Trinajstić information content (AvgIpc) is 2.42. The van der Waals surface area contributed by atoms with Crippen LogP contribution in [0.15, 0.2) is 48.5 Å². The van der Waals surface area contributed by atoms with Crippen LogP contribution in [0.2, 0.25) is 0 Å². The van der Waals surface area contributed by atoms with Crippen molar-refractivity contribution < 1.29 is 9.59 Å². The molecule has 0 saturated carbocycles. The highest BCUT2D eigenvalue weighted by atomic mass is 16.1. The zero-order valence-electron chi connectivity index (χ0n) is 11.1. The lowest BCUT2D eigenvalue weighted by atomic mass is 9.91. The molecule has 0 amide bonds. The van der Waals surface area contributed by atoms with Gasteiger partial charge in [-0.25, -0.2) is 0 Å². The van der Waals surface area contributed by atoms with E-state index in [1.807, 2.05) is 43.3 Å². The van der Waals surface area contributed by atoms with E-state index in [2.05, 4.69) is 0 Å². The predicted molar refractivity (Wildman–Crippen MR) is 75.5 cm³/mol. The third-order valence-corrected chi connectivity index (χ3v) is 3.25. The van der Waals surface area contributed by atoms with Gasteiger partial charge in [-0.05, 0) is 25.0 Å². The zero-order chi connectivity index (χ0) is 13.8. The fourth-order valence-electron chi connectivity index (χ4n) is 2.05. The maximum absolute atomic E-state index is 11.3. The molecule has 2 aromatic rings. The molecule has 0 aliphatic carbocycles. The van der Waals surface area contributed by atoms with E-state index in [1.165, 1.54) is 12.5 Å². The Balaban J connectivity index is 2.34. The molecule has 0 saturated heterocycles. The summed E-state index contributed by atoms with van der Waals surface area (Å²) in [5, 5.41) is 0. The Hall–Kier alpha value is -2.22. The number of carbonyl (C=O) groups excluding carboxylic acids is 2. The minimum absolute atomic E-state index is 0.0320. The molecule has 0 N–H and O–H groups in total. The third-order valence-electron chi connectivity index (χ3n) is 3.25. The van der Waals surface area contributed by atoms with Crippen molar-refractivity contribution in [2.75, 3.05) is 0 Å². The minimum atomic E-state index is -0.276. The first-order valence-corrected chi connectivity index (χ1v) is 6.24. The Morgan fingerprint density at radius 3 is 1.84 bits per heavy atom. The van der Waals surface area contributed by atoms with Crippen LogP contribution in [-0.2, 0) is 4.79 Å². The first-order valence-electron chi connectivity index (χ1n) is 6.24. The lowest BCUT2D eigenvalue weighted by Gasteiger charge is -2.12. The van der Waals surface area contributed by atoms with Crippen molar-refractivity contribution in [1.82, 2.24) is 0 Å². The van der Waals surface area contributed by atoms with Gasteiger partial charge in [0.15, 0.2) is 5.78 Å². The van der Waals surface area contributed by atoms with Gasteiger partial charge in [-0.1, -0.05) is 54.1 Å². The van der Waals surface area contributed by atoms with E-state index in [0.29, 0.717) is 5.56 Å². The molecule has 0 fully saturated rings. The molecular formula is C17H16O2. The van der Waals surface area contributed by atoms with Gasteiger partial charge in [-0.3, -0.25) is 4.79 Å². The van der Waals surface area contributed by atoms with Gasteiger partial charge < -0.3 is 4.79 Å². The molecule has 0 radical (unpaired) electrons. The average molecular weight is 252 g/mol. The predicted octanol–water partition coefficient (Wildman–Crippen LogP) is 3.53. The highest BCUT2D eigenvalue weighted by Gasteiger charge is 2.13. The Kier molecular flexibility index (Phi) is 3.91. The number of aldehydes is 1. The summed E-state index contributed by atoms with van der Waals surface area (Å²) in [7, 11) is 0. The van der Waals surface area contributed by atoms with Crippen LogP contribution in [0, 0.1) is 6.92 Å². The number of hydrogen-bond donors (Lipinski definition) is 0. The smallest absolute Gasteiger partial charge is 0.159 e. The van der Waals surface area contributed by atoms with E-state index in [-0.39, 0.29) is 11.7 Å². The molecule has 0 aliphatic heterocycles. The first kappa shape index (κ1) is 13.2. The molecule has 1 unspecified atom stereocenters. The van der Waals surface area contributed by atoms with Gasteiger partial charge in [-0.2, -0.15) is 0 Å². The Morgan fingerprint density at radius 2 is 1.42 bits per heavy atom. The Labute approximate surface area is 113 Å². The van der Waals surface area contributed by atoms with Crippen molar-refractivity contribution in [2.45, 2.75) is 19.8 Å². The summed E-state index contributed by atoms with van der Waals surface area (Å²) in [5.74, 6) is -0.244. The molecule has 2 aromatic carbocycles. The molecule has 0 spiro atoms. The third kappa shape index (κ3) is 2.97. The highest BCUT2D eigenvalue weighted by molar-refractivity contribution is 5.94. The van der Waals surface area contributed by atoms with Gasteiger partial charge in [0.1, 0.15) is 6.29 Å². The summed E-state index contributed by atoms with van der Waals surface area (Å²) in [4.78, 5) is 22.6. The number of aryl methyl sites for hydroxylation is 1. The van der Waals surface area contributed by atoms with Crippen LogP contribution in [0.25, 0.3) is 0 Å². The van der Waals surface area contributed by atoms with Crippen LogP contribution in [0.4, 0.5) is 0 Å². The van der Waals surface area contributed by atoms with Crippen LogP contribution >= 0.6 is 0 Å². The van der Waals surface area contributed by atoms with Crippen LogP contribution in [-0.4, -0.2) is 12.1 Å². The summed E-state index contributed by atoms with van der Waals surface area (Å²) >= 11 is 0. The second-order valence-corrected chi connectivity index (χ2v) is 4.70. The maximum Gasteiger partial charge on any atom is 0.159 e.